The molecule has 1 amide bonds. The number of nitrogens with one attached hydrogen (secondary N) is 2. The zero-order valence-electron chi connectivity index (χ0n) is 18.5. The molecule has 192 valence electrons. The molecule has 0 bridgehead atoms. The maximum absolute atomic E-state index is 12.5. The first kappa shape index (κ1) is 28.8. The molecule has 0 saturated heterocycles. The van der Waals surface area contributed by atoms with Gasteiger partial charge in [0.1, 0.15) is 10.5 Å². The minimum atomic E-state index is -4.17. The van der Waals surface area contributed by atoms with Crippen LogP contribution in [-0.4, -0.2) is 68.9 Å². The Labute approximate surface area is 209 Å². The number of amides is 1. The second-order valence-electron chi connectivity index (χ2n) is 7.40. The highest BCUT2D eigenvalue weighted by Crippen LogP contribution is 2.21. The second kappa shape index (κ2) is 12.5. The van der Waals surface area contributed by atoms with Crippen LogP contribution in [0.25, 0.3) is 0 Å². The topological polar surface area (TPSA) is 181 Å². The molecule has 2 atom stereocenters. The molecule has 0 spiro atoms. The first-order valence-electron chi connectivity index (χ1n) is 10.0. The number of aldehydes is 1. The highest BCUT2D eigenvalue weighted by atomic mass is 32.2. The molecule has 1 unspecified atom stereocenters. The van der Waals surface area contributed by atoms with Gasteiger partial charge >= 0.3 is 5.97 Å². The van der Waals surface area contributed by atoms with Crippen molar-refractivity contribution in [3.05, 3.63) is 46.8 Å². The van der Waals surface area contributed by atoms with Gasteiger partial charge in [-0.1, -0.05) is 12.1 Å². The van der Waals surface area contributed by atoms with Crippen LogP contribution in [0.4, 0.5) is 0 Å². The molecule has 0 radical (unpaired) electrons. The van der Waals surface area contributed by atoms with Crippen molar-refractivity contribution < 1.29 is 40.5 Å². The lowest BCUT2D eigenvalue weighted by Crippen LogP contribution is -2.37. The molecule has 11 nitrogen and oxygen atoms in total. The number of benzene rings is 1. The normalized spacial score (nSPS) is 13.6. The predicted octanol–water partition coefficient (Wildman–Crippen LogP) is 0.541. The molecule has 0 aliphatic carbocycles. The van der Waals surface area contributed by atoms with Crippen molar-refractivity contribution in [3.8, 4) is 0 Å². The van der Waals surface area contributed by atoms with E-state index >= 15 is 0 Å². The number of sulfone groups is 1. The summed E-state index contributed by atoms with van der Waals surface area (Å²) in [6, 6.07) is 6.96. The van der Waals surface area contributed by atoms with Gasteiger partial charge in [0, 0.05) is 35.1 Å². The highest BCUT2D eigenvalue weighted by molar-refractivity contribution is 7.92. The molecule has 0 aliphatic heterocycles. The Kier molecular flexibility index (Phi) is 10.3. The zero-order chi connectivity index (χ0) is 26.2. The molecule has 15 heteroatoms. The van der Waals surface area contributed by atoms with E-state index in [1.807, 2.05) is 4.72 Å². The first-order valence-corrected chi connectivity index (χ1v) is 15.7. The van der Waals surface area contributed by atoms with Crippen LogP contribution in [0, 0.1) is 0 Å². The van der Waals surface area contributed by atoms with Gasteiger partial charge in [0.05, 0.1) is 22.2 Å². The van der Waals surface area contributed by atoms with Crippen molar-refractivity contribution in [2.75, 3.05) is 18.6 Å². The predicted molar refractivity (Wildman–Crippen MR) is 130 cm³/mol. The summed E-state index contributed by atoms with van der Waals surface area (Å²) in [7, 11) is -8.93. The second-order valence-corrected chi connectivity index (χ2v) is 14.0. The van der Waals surface area contributed by atoms with Crippen LogP contribution < -0.4 is 10.0 Å². The van der Waals surface area contributed by atoms with Crippen molar-refractivity contribution >= 4 is 60.2 Å². The monoisotopic (exact) mass is 564 g/mol. The maximum Gasteiger partial charge on any atom is 0.305 e. The van der Waals surface area contributed by atoms with Crippen molar-refractivity contribution in [3.63, 3.8) is 0 Å². The third-order valence-corrected chi connectivity index (χ3v) is 10.2. The quantitative estimate of drug-likeness (QED) is 0.218. The summed E-state index contributed by atoms with van der Waals surface area (Å²) in [5, 5.41) is 11.4. The van der Waals surface area contributed by atoms with Gasteiger partial charge in [0.15, 0.2) is 9.84 Å². The molecule has 1 heterocycles. The van der Waals surface area contributed by atoms with Gasteiger partial charge < -0.3 is 15.2 Å². The number of carboxylic acids is 1. The largest absolute Gasteiger partial charge is 0.481 e. The molecule has 3 N–H and O–H groups in total. The van der Waals surface area contributed by atoms with Crippen molar-refractivity contribution in [1.82, 2.24) is 10.0 Å². The fraction of sp³-hybridized carbons (Fsp3) is 0.350. The van der Waals surface area contributed by atoms with Gasteiger partial charge in [-0.2, -0.15) is 0 Å². The van der Waals surface area contributed by atoms with E-state index in [9.17, 15) is 35.4 Å². The number of carbonyl (C=O) groups is 3. The van der Waals surface area contributed by atoms with E-state index in [1.54, 1.807) is 6.07 Å². The molecule has 0 saturated carbocycles. The summed E-state index contributed by atoms with van der Waals surface area (Å²) >= 11 is 0.862. The Morgan fingerprint density at radius 2 is 1.89 bits per heavy atom. The average Bonchev–Trinajstić information content (AvgIpc) is 3.27. The van der Waals surface area contributed by atoms with Crippen LogP contribution in [-0.2, 0) is 46.0 Å². The van der Waals surface area contributed by atoms with Gasteiger partial charge in [0.25, 0.3) is 5.91 Å². The SMILES string of the molecule is CS(=O)(=O)c1ccc(C(=O)NCCCS(=O)Cc2cccc(S(=O)(=O)N[C@H](C=O)CC(=O)O)c2)s1. The summed E-state index contributed by atoms with van der Waals surface area (Å²) < 4.78 is 62.4. The van der Waals surface area contributed by atoms with E-state index in [2.05, 4.69) is 5.32 Å². The minimum Gasteiger partial charge on any atom is -0.481 e. The molecule has 0 aliphatic rings. The number of hydrogen-bond donors (Lipinski definition) is 3. The third-order valence-electron chi connectivity index (χ3n) is 4.41. The molecule has 1 aromatic carbocycles. The fourth-order valence-electron chi connectivity index (χ4n) is 2.80. The standard InChI is InChI=1S/C20H24N2O9S4/c1-34(28,29)19-7-6-17(32-19)20(26)21-8-3-9-33(27)13-14-4-2-5-16(10-14)35(30,31)22-15(12-23)11-18(24)25/h2,4-7,10,12,15,22H,3,8-9,11,13H2,1H3,(H,21,26)(H,24,25)/t15-,33?/m0/s1. The Morgan fingerprint density at radius 3 is 2.49 bits per heavy atom. The Balaban J connectivity index is 1.87. The summed E-state index contributed by atoms with van der Waals surface area (Å²) in [4.78, 5) is 33.9. The smallest absolute Gasteiger partial charge is 0.305 e. The van der Waals surface area contributed by atoms with E-state index < -0.39 is 55.0 Å². The van der Waals surface area contributed by atoms with E-state index in [0.29, 0.717) is 12.0 Å². The van der Waals surface area contributed by atoms with Crippen molar-refractivity contribution in [2.24, 2.45) is 0 Å². The number of hydrogen-bond acceptors (Lipinski definition) is 9. The van der Waals surface area contributed by atoms with Crippen LogP contribution in [0.2, 0.25) is 0 Å². The number of thiophene rings is 1. The summed E-state index contributed by atoms with van der Waals surface area (Å²) in [5.41, 5.74) is 0.461. The lowest BCUT2D eigenvalue weighted by Gasteiger charge is -2.12. The van der Waals surface area contributed by atoms with Gasteiger partial charge in [-0.3, -0.25) is 13.8 Å². The number of rotatable bonds is 14. The molecule has 2 rings (SSSR count). The number of aliphatic carboxylic acids is 1. The maximum atomic E-state index is 12.5. The average molecular weight is 565 g/mol. The van der Waals surface area contributed by atoms with Crippen LogP contribution in [0.15, 0.2) is 45.5 Å². The lowest BCUT2D eigenvalue weighted by atomic mass is 10.2. The van der Waals surface area contributed by atoms with E-state index in [4.69, 9.17) is 5.11 Å². The van der Waals surface area contributed by atoms with Crippen LogP contribution in [0.1, 0.15) is 28.1 Å². The summed E-state index contributed by atoms with van der Waals surface area (Å²) in [6.45, 7) is 0.214. The fourth-order valence-corrected chi connectivity index (χ4v) is 7.04. The van der Waals surface area contributed by atoms with Gasteiger partial charge in [-0.25, -0.2) is 21.6 Å². The molecular weight excluding hydrogens is 540 g/mol. The number of carboxylic acid groups (broad SMARTS) is 1. The third kappa shape index (κ3) is 9.25. The van der Waals surface area contributed by atoms with Gasteiger partial charge in [-0.05, 0) is 36.2 Å². The Bertz CT molecular complexity index is 1320. The van der Waals surface area contributed by atoms with Crippen LogP contribution in [0.3, 0.4) is 0 Å². The molecule has 1 aromatic heterocycles. The number of carbonyl (C=O) groups excluding carboxylic acids is 2. The summed E-state index contributed by atoms with van der Waals surface area (Å²) in [6.07, 6.45) is 0.929. The van der Waals surface area contributed by atoms with E-state index in [0.717, 1.165) is 17.6 Å². The van der Waals surface area contributed by atoms with E-state index in [-0.39, 0.29) is 38.3 Å². The highest BCUT2D eigenvalue weighted by Gasteiger charge is 2.22. The minimum absolute atomic E-state index is 0.0478. The molecule has 35 heavy (non-hydrogen) atoms. The first-order chi connectivity index (χ1) is 16.3. The van der Waals surface area contributed by atoms with E-state index in [1.165, 1.54) is 30.3 Å². The van der Waals surface area contributed by atoms with Crippen molar-refractivity contribution in [1.29, 1.82) is 0 Å². The Hall–Kier alpha value is -2.46. The molecule has 0 fully saturated rings. The Morgan fingerprint density at radius 1 is 1.17 bits per heavy atom. The zero-order valence-corrected chi connectivity index (χ0v) is 21.8. The number of sulfonamides is 1. The molecule has 2 aromatic rings. The summed E-state index contributed by atoms with van der Waals surface area (Å²) in [5.74, 6) is -1.50. The molecular formula is C20H24N2O9S4. The van der Waals surface area contributed by atoms with Crippen LogP contribution in [0.5, 0.6) is 0 Å². The lowest BCUT2D eigenvalue weighted by molar-refractivity contribution is -0.138. The van der Waals surface area contributed by atoms with Crippen LogP contribution >= 0.6 is 11.3 Å². The van der Waals surface area contributed by atoms with Crippen molar-refractivity contribution in [2.45, 2.75) is 33.7 Å². The van der Waals surface area contributed by atoms with Gasteiger partial charge in [0.2, 0.25) is 10.0 Å². The van der Waals surface area contributed by atoms with Gasteiger partial charge in [-0.15, -0.1) is 11.3 Å².